The molecule has 1 aliphatic rings. The van der Waals surface area contributed by atoms with Gasteiger partial charge in [-0.1, -0.05) is 23.7 Å². The summed E-state index contributed by atoms with van der Waals surface area (Å²) in [5.41, 5.74) is 2.23. The summed E-state index contributed by atoms with van der Waals surface area (Å²) in [6, 6.07) is 13.9. The van der Waals surface area contributed by atoms with Crippen LogP contribution in [-0.4, -0.2) is 23.7 Å². The second kappa shape index (κ2) is 7.72. The van der Waals surface area contributed by atoms with Gasteiger partial charge in [-0.15, -0.1) is 24.5 Å². The molecule has 0 aliphatic carbocycles. The predicted molar refractivity (Wildman–Crippen MR) is 105 cm³/mol. The number of fused-ring (bicyclic) bond motifs is 1. The fourth-order valence-electron chi connectivity index (χ4n) is 3.50. The van der Waals surface area contributed by atoms with Gasteiger partial charge in [0.05, 0.1) is 6.04 Å². The maximum Gasteiger partial charge on any atom is 0.573 e. The highest BCUT2D eigenvalue weighted by Crippen LogP contribution is 2.39. The van der Waals surface area contributed by atoms with E-state index in [2.05, 4.69) is 4.74 Å². The van der Waals surface area contributed by atoms with Crippen LogP contribution in [0.5, 0.6) is 5.75 Å². The van der Waals surface area contributed by atoms with Crippen molar-refractivity contribution in [1.29, 1.82) is 0 Å². The van der Waals surface area contributed by atoms with Crippen molar-refractivity contribution in [3.63, 3.8) is 0 Å². The number of benzene rings is 2. The first-order chi connectivity index (χ1) is 13.8. The summed E-state index contributed by atoms with van der Waals surface area (Å²) >= 11 is 7.54. The van der Waals surface area contributed by atoms with Crippen LogP contribution in [0.25, 0.3) is 0 Å². The van der Waals surface area contributed by atoms with Crippen molar-refractivity contribution >= 4 is 28.8 Å². The van der Waals surface area contributed by atoms with Crippen LogP contribution in [0.2, 0.25) is 5.02 Å². The van der Waals surface area contributed by atoms with Crippen LogP contribution in [0, 0.1) is 0 Å². The molecule has 1 aromatic heterocycles. The summed E-state index contributed by atoms with van der Waals surface area (Å²) < 4.78 is 41.3. The number of hydrogen-bond acceptors (Lipinski definition) is 3. The molecule has 1 amide bonds. The van der Waals surface area contributed by atoms with Crippen molar-refractivity contribution in [2.45, 2.75) is 18.8 Å². The number of hydrogen-bond donors (Lipinski definition) is 0. The SMILES string of the molecule is O=C(c1ccc(Cl)cc1)N1CCc2sccc2[C@@H]1c1ccc(OC(F)(F)F)cc1. The molecule has 1 aliphatic heterocycles. The highest BCUT2D eigenvalue weighted by Gasteiger charge is 2.34. The molecule has 0 N–H and O–H groups in total. The molecule has 150 valence electrons. The Morgan fingerprint density at radius 3 is 2.41 bits per heavy atom. The average Bonchev–Trinajstić information content (AvgIpc) is 3.15. The van der Waals surface area contributed by atoms with E-state index < -0.39 is 6.36 Å². The normalized spacial score (nSPS) is 16.4. The van der Waals surface area contributed by atoms with Gasteiger partial charge in [-0.25, -0.2) is 0 Å². The summed E-state index contributed by atoms with van der Waals surface area (Å²) in [5, 5.41) is 2.51. The smallest absolute Gasteiger partial charge is 0.406 e. The van der Waals surface area contributed by atoms with Crippen molar-refractivity contribution in [3.8, 4) is 5.75 Å². The average molecular weight is 438 g/mol. The molecule has 3 nitrogen and oxygen atoms in total. The molecular weight excluding hydrogens is 423 g/mol. The molecule has 2 aromatic carbocycles. The van der Waals surface area contributed by atoms with E-state index in [-0.39, 0.29) is 17.7 Å². The number of nitrogens with zero attached hydrogens (tertiary/aromatic N) is 1. The third-order valence-corrected chi connectivity index (χ3v) is 6.00. The number of alkyl halides is 3. The molecule has 0 fully saturated rings. The Morgan fingerprint density at radius 1 is 1.07 bits per heavy atom. The summed E-state index contributed by atoms with van der Waals surface area (Å²) in [5.74, 6) is -0.447. The zero-order valence-corrected chi connectivity index (χ0v) is 16.5. The first-order valence-electron chi connectivity index (χ1n) is 8.80. The lowest BCUT2D eigenvalue weighted by Crippen LogP contribution is -2.40. The quantitative estimate of drug-likeness (QED) is 0.496. The Morgan fingerprint density at radius 2 is 1.76 bits per heavy atom. The fraction of sp³-hybridized carbons (Fsp3) is 0.190. The van der Waals surface area contributed by atoms with E-state index in [1.165, 1.54) is 17.0 Å². The Hall–Kier alpha value is -2.51. The zero-order valence-electron chi connectivity index (χ0n) is 14.9. The van der Waals surface area contributed by atoms with Crippen LogP contribution < -0.4 is 4.74 Å². The highest BCUT2D eigenvalue weighted by atomic mass is 35.5. The molecule has 2 heterocycles. The number of carbonyl (C=O) groups is 1. The van der Waals surface area contributed by atoms with Crippen molar-refractivity contribution in [1.82, 2.24) is 4.90 Å². The maximum atomic E-state index is 13.2. The topological polar surface area (TPSA) is 29.5 Å². The van der Waals surface area contributed by atoms with Gasteiger partial charge in [0.15, 0.2) is 0 Å². The standard InChI is InChI=1S/C21H15ClF3NO2S/c22-15-5-1-14(2-6-15)20(27)26-11-9-18-17(10-12-29-18)19(26)13-3-7-16(8-4-13)28-21(23,24)25/h1-8,10,12,19H,9,11H2/t19-/m0/s1. The molecule has 0 unspecified atom stereocenters. The molecule has 3 aromatic rings. The molecule has 0 radical (unpaired) electrons. The Balaban J connectivity index is 1.69. The number of carbonyl (C=O) groups excluding carboxylic acids is 1. The van der Waals surface area contributed by atoms with E-state index in [0.29, 0.717) is 17.1 Å². The monoisotopic (exact) mass is 437 g/mol. The Kier molecular flexibility index (Phi) is 5.27. The van der Waals surface area contributed by atoms with Crippen LogP contribution in [0.3, 0.4) is 0 Å². The minimum absolute atomic E-state index is 0.154. The minimum atomic E-state index is -4.75. The lowest BCUT2D eigenvalue weighted by molar-refractivity contribution is -0.274. The lowest BCUT2D eigenvalue weighted by atomic mass is 9.92. The van der Waals surface area contributed by atoms with E-state index in [0.717, 1.165) is 17.5 Å². The van der Waals surface area contributed by atoms with E-state index in [1.54, 1.807) is 52.6 Å². The molecule has 0 saturated heterocycles. The summed E-state index contributed by atoms with van der Waals surface area (Å²) in [4.78, 5) is 16.1. The number of ether oxygens (including phenoxy) is 1. The van der Waals surface area contributed by atoms with Gasteiger partial charge in [0, 0.05) is 22.0 Å². The lowest BCUT2D eigenvalue weighted by Gasteiger charge is -2.36. The van der Waals surface area contributed by atoms with E-state index in [9.17, 15) is 18.0 Å². The molecular formula is C21H15ClF3NO2S. The van der Waals surface area contributed by atoms with E-state index in [1.807, 2.05) is 11.4 Å². The second-order valence-electron chi connectivity index (χ2n) is 6.57. The first-order valence-corrected chi connectivity index (χ1v) is 10.1. The van der Waals surface area contributed by atoms with Crippen molar-refractivity contribution in [2.75, 3.05) is 6.54 Å². The molecule has 0 spiro atoms. The largest absolute Gasteiger partial charge is 0.573 e. The van der Waals surface area contributed by atoms with Gasteiger partial charge in [0.25, 0.3) is 5.91 Å². The Bertz CT molecular complexity index is 1020. The second-order valence-corrected chi connectivity index (χ2v) is 8.01. The van der Waals surface area contributed by atoms with Crippen LogP contribution in [-0.2, 0) is 6.42 Å². The van der Waals surface area contributed by atoms with E-state index >= 15 is 0 Å². The van der Waals surface area contributed by atoms with Gasteiger partial charge in [-0.05, 0) is 65.4 Å². The van der Waals surface area contributed by atoms with Gasteiger partial charge >= 0.3 is 6.36 Å². The van der Waals surface area contributed by atoms with Gasteiger partial charge in [-0.2, -0.15) is 0 Å². The zero-order chi connectivity index (χ0) is 20.6. The molecule has 0 bridgehead atoms. The van der Waals surface area contributed by atoms with Crippen molar-refractivity contribution < 1.29 is 22.7 Å². The molecule has 8 heteroatoms. The first kappa shape index (κ1) is 19.8. The molecule has 4 rings (SSSR count). The van der Waals surface area contributed by atoms with Gasteiger partial charge in [0.1, 0.15) is 5.75 Å². The molecule has 0 saturated carbocycles. The third kappa shape index (κ3) is 4.26. The number of amides is 1. The van der Waals surface area contributed by atoms with Gasteiger partial charge in [-0.3, -0.25) is 4.79 Å². The summed E-state index contributed by atoms with van der Waals surface area (Å²) in [6.07, 6.45) is -4.01. The Labute approximate surface area is 174 Å². The van der Waals surface area contributed by atoms with Crippen LogP contribution in [0.15, 0.2) is 60.0 Å². The van der Waals surface area contributed by atoms with Crippen LogP contribution in [0.1, 0.15) is 32.4 Å². The molecule has 1 atom stereocenters. The number of halogens is 4. The number of thiophene rings is 1. The van der Waals surface area contributed by atoms with Crippen LogP contribution >= 0.6 is 22.9 Å². The van der Waals surface area contributed by atoms with E-state index in [4.69, 9.17) is 11.6 Å². The van der Waals surface area contributed by atoms with Crippen molar-refractivity contribution in [2.24, 2.45) is 0 Å². The predicted octanol–water partition coefficient (Wildman–Crippen LogP) is 6.09. The third-order valence-electron chi connectivity index (χ3n) is 4.75. The minimum Gasteiger partial charge on any atom is -0.406 e. The summed E-state index contributed by atoms with van der Waals surface area (Å²) in [7, 11) is 0. The fourth-order valence-corrected chi connectivity index (χ4v) is 4.53. The van der Waals surface area contributed by atoms with Gasteiger partial charge < -0.3 is 9.64 Å². The van der Waals surface area contributed by atoms with Crippen LogP contribution in [0.4, 0.5) is 13.2 Å². The highest BCUT2D eigenvalue weighted by molar-refractivity contribution is 7.10. The molecule has 29 heavy (non-hydrogen) atoms. The summed E-state index contributed by atoms with van der Waals surface area (Å²) in [6.45, 7) is 0.514. The van der Waals surface area contributed by atoms with Gasteiger partial charge in [0.2, 0.25) is 0 Å². The van der Waals surface area contributed by atoms with Crippen molar-refractivity contribution in [3.05, 3.63) is 86.6 Å². The maximum absolute atomic E-state index is 13.2. The number of rotatable bonds is 3.